The molecule has 7 rings (SSSR count). The minimum Gasteiger partial charge on any atom is -0.490 e. The average molecular weight is 1320 g/mol. The summed E-state index contributed by atoms with van der Waals surface area (Å²) in [6, 6.07) is 25.3. The Kier molecular flexibility index (Phi) is 37.5. The largest absolute Gasteiger partial charge is 0.490 e. The lowest BCUT2D eigenvalue weighted by atomic mass is 10.0. The van der Waals surface area contributed by atoms with Crippen molar-refractivity contribution in [3.63, 3.8) is 0 Å². The van der Waals surface area contributed by atoms with Gasteiger partial charge in [-0.25, -0.2) is 14.0 Å². The molecule has 4 aromatic carbocycles. The molecule has 15 nitrogen and oxygen atoms in total. The summed E-state index contributed by atoms with van der Waals surface area (Å²) < 4.78 is 44.4. The molecule has 0 atom stereocenters. The van der Waals surface area contributed by atoms with Crippen molar-refractivity contribution in [2.45, 2.75) is 292 Å². The summed E-state index contributed by atoms with van der Waals surface area (Å²) in [4.78, 5) is 0. The van der Waals surface area contributed by atoms with Crippen LogP contribution in [0.5, 0.6) is 34.5 Å². The quantitative estimate of drug-likeness (QED) is 0.0334. The van der Waals surface area contributed by atoms with Gasteiger partial charge in [0.25, 0.3) is 0 Å². The predicted octanol–water partition coefficient (Wildman–Crippen LogP) is 22.0. The molecule has 0 amide bonds. The standard InChI is InChI=1S/C81H123N9O6/c1-7-13-19-25-31-37-49-91-76-46-43-67(55-79(76)94-52-40-34-28-22-16-10-4)61-88-64-73(82-85-88)70-58-71(74-65-89(86-83-74)62-68-44-47-77(92-50-38-32-26-20-14-8-2)80(56-68)95-53-41-35-29-23-17-11-5)60-72(59-70)75-66-90(87-84-75)63-69-45-48-78(93-51-39-33-27-21-15-9-3)81(57-69)96-54-42-36-30-24-18-12-6/h43-48,55-60,64-66H,7-42,49-54,61-63H2,1-6H3. The average Bonchev–Trinajstić information content (AvgIpc) is 1.58. The molecule has 0 fully saturated rings. The summed E-state index contributed by atoms with van der Waals surface area (Å²) >= 11 is 0. The van der Waals surface area contributed by atoms with Gasteiger partial charge >= 0.3 is 0 Å². The molecule has 15 heteroatoms. The molecule has 0 aliphatic rings. The van der Waals surface area contributed by atoms with Crippen LogP contribution in [0.25, 0.3) is 33.8 Å². The fraction of sp³-hybridized carbons (Fsp3) is 0.630. The fourth-order valence-corrected chi connectivity index (χ4v) is 12.2. The van der Waals surface area contributed by atoms with Crippen LogP contribution in [-0.4, -0.2) is 84.6 Å². The molecule has 0 saturated heterocycles. The number of nitrogens with zero attached hydrogens (tertiary/aromatic N) is 9. The van der Waals surface area contributed by atoms with Crippen molar-refractivity contribution in [3.05, 3.63) is 108 Å². The third-order valence-electron chi connectivity index (χ3n) is 18.0. The molecular weight excluding hydrogens is 1190 g/mol. The Bertz CT molecular complexity index is 2810. The Morgan fingerprint density at radius 2 is 0.448 bits per heavy atom. The van der Waals surface area contributed by atoms with Gasteiger partial charge in [0, 0.05) is 16.7 Å². The highest BCUT2D eigenvalue weighted by molar-refractivity contribution is 5.77. The minimum atomic E-state index is 0.503. The zero-order valence-electron chi connectivity index (χ0n) is 60.5. The first kappa shape index (κ1) is 76.5. The molecule has 96 heavy (non-hydrogen) atoms. The highest BCUT2D eigenvalue weighted by Gasteiger charge is 2.18. The SMILES string of the molecule is CCCCCCCCOc1ccc(Cn2cc(-c3cc(-c4cn(Cc5ccc(OCCCCCCCC)c(OCCCCCCCC)c5)nn4)cc(-c4cn(Cc5ccc(OCCCCCCCC)c(OCCCCCCCC)c5)nn4)c3)nn2)cc1OCCCCCCCC. The minimum absolute atomic E-state index is 0.503. The predicted molar refractivity (Wildman–Crippen MR) is 393 cm³/mol. The molecule has 0 aliphatic heterocycles. The van der Waals surface area contributed by atoms with Gasteiger partial charge in [-0.05, 0) is 110 Å². The van der Waals surface area contributed by atoms with Crippen molar-refractivity contribution in [2.24, 2.45) is 0 Å². The van der Waals surface area contributed by atoms with Crippen molar-refractivity contribution < 1.29 is 28.4 Å². The maximum absolute atomic E-state index is 6.51. The van der Waals surface area contributed by atoms with Crippen molar-refractivity contribution in [1.29, 1.82) is 0 Å². The number of ether oxygens (including phenoxy) is 6. The maximum Gasteiger partial charge on any atom is 0.161 e. The van der Waals surface area contributed by atoms with E-state index in [2.05, 4.69) is 114 Å². The van der Waals surface area contributed by atoms with E-state index in [4.69, 9.17) is 59.4 Å². The normalized spacial score (nSPS) is 11.4. The second-order valence-corrected chi connectivity index (χ2v) is 26.7. The third-order valence-corrected chi connectivity index (χ3v) is 18.0. The third kappa shape index (κ3) is 29.0. The maximum atomic E-state index is 6.51. The van der Waals surface area contributed by atoms with E-state index < -0.39 is 0 Å². The van der Waals surface area contributed by atoms with E-state index in [0.29, 0.717) is 59.3 Å². The van der Waals surface area contributed by atoms with Gasteiger partial charge in [0.05, 0.1) is 77.9 Å². The van der Waals surface area contributed by atoms with E-state index in [1.54, 1.807) is 0 Å². The molecule has 7 aromatic rings. The van der Waals surface area contributed by atoms with Gasteiger partial charge in [0.2, 0.25) is 0 Å². The number of unbranched alkanes of at least 4 members (excludes halogenated alkanes) is 30. The smallest absolute Gasteiger partial charge is 0.161 e. The lowest BCUT2D eigenvalue weighted by molar-refractivity contribution is 0.258. The van der Waals surface area contributed by atoms with Crippen LogP contribution in [0, 0.1) is 0 Å². The van der Waals surface area contributed by atoms with Crippen LogP contribution in [0.1, 0.15) is 289 Å². The van der Waals surface area contributed by atoms with Gasteiger partial charge in [-0.15, -0.1) is 15.3 Å². The highest BCUT2D eigenvalue weighted by atomic mass is 16.5. The number of hydrogen-bond donors (Lipinski definition) is 0. The van der Waals surface area contributed by atoms with Gasteiger partial charge in [0.1, 0.15) is 17.1 Å². The van der Waals surface area contributed by atoms with Gasteiger partial charge in [0.15, 0.2) is 34.5 Å². The summed E-state index contributed by atoms with van der Waals surface area (Å²) in [6.45, 7) is 19.1. The Balaban J connectivity index is 1.13. The van der Waals surface area contributed by atoms with Crippen LogP contribution >= 0.6 is 0 Å². The lowest BCUT2D eigenvalue weighted by Gasteiger charge is -2.14. The number of hydrogen-bond acceptors (Lipinski definition) is 12. The second-order valence-electron chi connectivity index (χ2n) is 26.7. The summed E-state index contributed by atoms with van der Waals surface area (Å²) in [7, 11) is 0. The molecule has 0 spiro atoms. The van der Waals surface area contributed by atoms with E-state index in [1.807, 2.05) is 32.6 Å². The van der Waals surface area contributed by atoms with Gasteiger partial charge in [-0.1, -0.05) is 268 Å². The van der Waals surface area contributed by atoms with Gasteiger partial charge in [-0.2, -0.15) is 0 Å². The lowest BCUT2D eigenvalue weighted by Crippen LogP contribution is -2.05. The molecule has 0 unspecified atom stereocenters. The zero-order valence-corrected chi connectivity index (χ0v) is 60.5. The molecule has 528 valence electrons. The van der Waals surface area contributed by atoms with Crippen molar-refractivity contribution in [1.82, 2.24) is 45.0 Å². The Hall–Kier alpha value is -6.90. The van der Waals surface area contributed by atoms with Crippen molar-refractivity contribution in [3.8, 4) is 68.3 Å². The summed E-state index contributed by atoms with van der Waals surface area (Å²) in [5, 5.41) is 28.6. The molecule has 0 bridgehead atoms. The number of benzene rings is 4. The molecular formula is C81H123N9O6. The first-order valence-electron chi connectivity index (χ1n) is 38.4. The Labute approximate surface area is 578 Å². The topological polar surface area (TPSA) is 148 Å². The zero-order chi connectivity index (χ0) is 67.3. The van der Waals surface area contributed by atoms with Crippen LogP contribution in [0.15, 0.2) is 91.4 Å². The van der Waals surface area contributed by atoms with E-state index in [0.717, 1.165) is 143 Å². The van der Waals surface area contributed by atoms with Crippen LogP contribution in [0.3, 0.4) is 0 Å². The fourth-order valence-electron chi connectivity index (χ4n) is 12.2. The molecule has 0 aliphatic carbocycles. The monoisotopic (exact) mass is 1320 g/mol. The van der Waals surface area contributed by atoms with Crippen LogP contribution in [-0.2, 0) is 19.6 Å². The van der Waals surface area contributed by atoms with E-state index in [1.165, 1.54) is 173 Å². The Morgan fingerprint density at radius 1 is 0.240 bits per heavy atom. The molecule has 0 radical (unpaired) electrons. The van der Waals surface area contributed by atoms with Crippen LogP contribution in [0.4, 0.5) is 0 Å². The Morgan fingerprint density at radius 3 is 0.677 bits per heavy atom. The van der Waals surface area contributed by atoms with E-state index in [-0.39, 0.29) is 0 Å². The van der Waals surface area contributed by atoms with Crippen LogP contribution in [0.2, 0.25) is 0 Å². The summed E-state index contributed by atoms with van der Waals surface area (Å²) in [5.74, 6) is 4.76. The van der Waals surface area contributed by atoms with Crippen LogP contribution < -0.4 is 28.4 Å². The molecule has 3 aromatic heterocycles. The molecule has 0 N–H and O–H groups in total. The van der Waals surface area contributed by atoms with E-state index in [9.17, 15) is 0 Å². The van der Waals surface area contributed by atoms with Gasteiger partial charge in [-0.3, -0.25) is 0 Å². The van der Waals surface area contributed by atoms with Gasteiger partial charge < -0.3 is 28.4 Å². The van der Waals surface area contributed by atoms with Crippen molar-refractivity contribution >= 4 is 0 Å². The molecule has 0 saturated carbocycles. The van der Waals surface area contributed by atoms with E-state index >= 15 is 0 Å². The van der Waals surface area contributed by atoms with Crippen molar-refractivity contribution in [2.75, 3.05) is 39.6 Å². The summed E-state index contributed by atoms with van der Waals surface area (Å²) in [5.41, 5.74) is 7.92. The second kappa shape index (κ2) is 47.1. The first-order chi connectivity index (χ1) is 47.4. The number of aromatic nitrogens is 9. The number of rotatable bonds is 57. The highest BCUT2D eigenvalue weighted by Crippen LogP contribution is 2.35. The summed E-state index contributed by atoms with van der Waals surface area (Å²) in [6.07, 6.45) is 49.5. The first-order valence-corrected chi connectivity index (χ1v) is 38.4. The molecule has 3 heterocycles.